The third-order valence-electron chi connectivity index (χ3n) is 3.29. The molecule has 0 radical (unpaired) electrons. The van der Waals surface area contributed by atoms with Crippen molar-refractivity contribution in [3.8, 4) is 5.75 Å². The van der Waals surface area contributed by atoms with Crippen molar-refractivity contribution in [3.05, 3.63) is 64.2 Å². The molecule has 0 saturated carbocycles. The number of phenolic OH excluding ortho intramolecular Hbond substituents is 1. The number of esters is 1. The van der Waals surface area contributed by atoms with Gasteiger partial charge in [-0.05, 0) is 41.8 Å². The number of carbonyl (C=O) groups is 1. The molecule has 1 N–H and O–H groups in total. The molecular formula is C17H16F2O3. The Bertz CT molecular complexity index is 688. The first kappa shape index (κ1) is 15.9. The van der Waals surface area contributed by atoms with Gasteiger partial charge in [0.1, 0.15) is 24.0 Å². The fraction of sp³-hybridized carbons (Fsp3) is 0.235. The number of ether oxygens (including phenoxy) is 1. The van der Waals surface area contributed by atoms with E-state index in [2.05, 4.69) is 0 Å². The van der Waals surface area contributed by atoms with Crippen LogP contribution in [0.1, 0.15) is 29.2 Å². The van der Waals surface area contributed by atoms with Crippen LogP contribution in [0.5, 0.6) is 5.75 Å². The number of carbonyl (C=O) groups excluding carboxylic acids is 1. The average molecular weight is 306 g/mol. The first-order valence-corrected chi connectivity index (χ1v) is 6.75. The second-order valence-corrected chi connectivity index (χ2v) is 5.12. The van der Waals surface area contributed by atoms with Crippen molar-refractivity contribution < 1.29 is 23.4 Å². The van der Waals surface area contributed by atoms with Crippen LogP contribution in [0.15, 0.2) is 30.3 Å². The maximum absolute atomic E-state index is 14.1. The summed E-state index contributed by atoms with van der Waals surface area (Å²) in [6.45, 7) is 2.77. The SMILES string of the molecule is CC(=O)OCc1cc(O)c(Cc2ccc(C)c(F)c2)c(F)c1. The van der Waals surface area contributed by atoms with Gasteiger partial charge in [0.15, 0.2) is 0 Å². The van der Waals surface area contributed by atoms with Gasteiger partial charge < -0.3 is 9.84 Å². The van der Waals surface area contributed by atoms with Gasteiger partial charge >= 0.3 is 5.97 Å². The van der Waals surface area contributed by atoms with Crippen LogP contribution in [0, 0.1) is 18.6 Å². The fourth-order valence-electron chi connectivity index (χ4n) is 2.07. The minimum absolute atomic E-state index is 0.0721. The molecule has 22 heavy (non-hydrogen) atoms. The summed E-state index contributed by atoms with van der Waals surface area (Å²) in [7, 11) is 0. The molecule has 0 aliphatic heterocycles. The highest BCUT2D eigenvalue weighted by atomic mass is 19.1. The first-order valence-electron chi connectivity index (χ1n) is 6.75. The molecule has 0 spiro atoms. The van der Waals surface area contributed by atoms with E-state index >= 15 is 0 Å². The summed E-state index contributed by atoms with van der Waals surface area (Å²) in [6.07, 6.45) is 0.0721. The van der Waals surface area contributed by atoms with Gasteiger partial charge in [-0.2, -0.15) is 0 Å². The molecule has 0 atom stereocenters. The number of hydrogen-bond acceptors (Lipinski definition) is 3. The molecule has 0 bridgehead atoms. The molecule has 0 saturated heterocycles. The number of benzene rings is 2. The second-order valence-electron chi connectivity index (χ2n) is 5.12. The average Bonchev–Trinajstić information content (AvgIpc) is 2.44. The normalized spacial score (nSPS) is 10.5. The molecule has 2 aromatic rings. The van der Waals surface area contributed by atoms with E-state index in [1.54, 1.807) is 19.1 Å². The van der Waals surface area contributed by atoms with Gasteiger partial charge in [0.05, 0.1) is 0 Å². The van der Waals surface area contributed by atoms with Crippen LogP contribution in [-0.2, 0) is 22.6 Å². The zero-order chi connectivity index (χ0) is 16.3. The smallest absolute Gasteiger partial charge is 0.302 e. The highest BCUT2D eigenvalue weighted by molar-refractivity contribution is 5.65. The lowest BCUT2D eigenvalue weighted by molar-refractivity contribution is -0.142. The predicted octanol–water partition coefficient (Wildman–Crippen LogP) is 3.63. The van der Waals surface area contributed by atoms with Crippen molar-refractivity contribution in [2.75, 3.05) is 0 Å². The molecule has 2 rings (SSSR count). The standard InChI is InChI=1S/C17H16F2O3/c1-10-3-4-12(6-15(10)18)5-14-16(19)7-13(8-17(14)21)9-22-11(2)20/h3-4,6-8,21H,5,9H2,1-2H3. The summed E-state index contributed by atoms with van der Waals surface area (Å²) < 4.78 is 32.4. The molecule has 0 aliphatic carbocycles. The van der Waals surface area contributed by atoms with Gasteiger partial charge in [-0.3, -0.25) is 4.79 Å². The van der Waals surface area contributed by atoms with Gasteiger partial charge in [0, 0.05) is 18.9 Å². The van der Waals surface area contributed by atoms with Crippen LogP contribution in [-0.4, -0.2) is 11.1 Å². The molecule has 0 aliphatic rings. The van der Waals surface area contributed by atoms with Crippen LogP contribution in [0.4, 0.5) is 8.78 Å². The van der Waals surface area contributed by atoms with E-state index in [0.717, 1.165) is 0 Å². The maximum atomic E-state index is 14.1. The van der Waals surface area contributed by atoms with Crippen molar-refractivity contribution >= 4 is 5.97 Å². The first-order chi connectivity index (χ1) is 10.4. The van der Waals surface area contributed by atoms with Crippen molar-refractivity contribution in [1.82, 2.24) is 0 Å². The molecule has 3 nitrogen and oxygen atoms in total. The van der Waals surface area contributed by atoms with Gasteiger partial charge in [-0.15, -0.1) is 0 Å². The monoisotopic (exact) mass is 306 g/mol. The summed E-state index contributed by atoms with van der Waals surface area (Å²) in [4.78, 5) is 10.7. The highest BCUT2D eigenvalue weighted by Gasteiger charge is 2.13. The molecule has 0 unspecified atom stereocenters. The highest BCUT2D eigenvalue weighted by Crippen LogP contribution is 2.26. The van der Waals surface area contributed by atoms with Crippen molar-refractivity contribution in [2.45, 2.75) is 26.9 Å². The Labute approximate surface area is 127 Å². The summed E-state index contributed by atoms with van der Waals surface area (Å²) in [6, 6.07) is 7.15. The van der Waals surface area contributed by atoms with Gasteiger partial charge in [0.2, 0.25) is 0 Å². The van der Waals surface area contributed by atoms with Gasteiger partial charge in [-0.1, -0.05) is 12.1 Å². The van der Waals surface area contributed by atoms with Crippen LogP contribution in [0.3, 0.4) is 0 Å². The lowest BCUT2D eigenvalue weighted by Gasteiger charge is -2.10. The summed E-state index contributed by atoms with van der Waals surface area (Å²) >= 11 is 0. The lowest BCUT2D eigenvalue weighted by Crippen LogP contribution is -2.01. The van der Waals surface area contributed by atoms with Crippen LogP contribution in [0.25, 0.3) is 0 Å². The number of halogens is 2. The van der Waals surface area contributed by atoms with E-state index < -0.39 is 11.8 Å². The van der Waals surface area contributed by atoms with E-state index in [1.165, 1.54) is 25.1 Å². The molecule has 0 fully saturated rings. The topological polar surface area (TPSA) is 46.5 Å². The Hall–Kier alpha value is -2.43. The lowest BCUT2D eigenvalue weighted by atomic mass is 10.0. The maximum Gasteiger partial charge on any atom is 0.302 e. The summed E-state index contributed by atoms with van der Waals surface area (Å²) in [5.74, 6) is -1.73. The Morgan fingerprint density at radius 1 is 1.14 bits per heavy atom. The van der Waals surface area contributed by atoms with Crippen molar-refractivity contribution in [2.24, 2.45) is 0 Å². The number of aryl methyl sites for hydroxylation is 1. The third kappa shape index (κ3) is 3.81. The zero-order valence-corrected chi connectivity index (χ0v) is 12.3. The van der Waals surface area contributed by atoms with Crippen LogP contribution in [0.2, 0.25) is 0 Å². The molecular weight excluding hydrogens is 290 g/mol. The quantitative estimate of drug-likeness (QED) is 0.877. The van der Waals surface area contributed by atoms with Gasteiger partial charge in [0.25, 0.3) is 0 Å². The molecule has 5 heteroatoms. The van der Waals surface area contributed by atoms with Crippen molar-refractivity contribution in [1.29, 1.82) is 0 Å². The summed E-state index contributed by atoms with van der Waals surface area (Å²) in [5, 5.41) is 9.95. The van der Waals surface area contributed by atoms with E-state index in [1.807, 2.05) is 0 Å². The Morgan fingerprint density at radius 2 is 1.82 bits per heavy atom. The predicted molar refractivity (Wildman–Crippen MR) is 77.5 cm³/mol. The minimum atomic E-state index is -0.622. The largest absolute Gasteiger partial charge is 0.508 e. The number of phenols is 1. The number of rotatable bonds is 4. The van der Waals surface area contributed by atoms with Gasteiger partial charge in [-0.25, -0.2) is 8.78 Å². The van der Waals surface area contributed by atoms with E-state index in [4.69, 9.17) is 4.74 Å². The molecule has 0 amide bonds. The molecule has 0 heterocycles. The molecule has 2 aromatic carbocycles. The van der Waals surface area contributed by atoms with E-state index in [-0.39, 0.29) is 30.2 Å². The number of hydrogen-bond donors (Lipinski definition) is 1. The molecule has 116 valence electrons. The Balaban J connectivity index is 2.24. The van der Waals surface area contributed by atoms with Crippen molar-refractivity contribution in [3.63, 3.8) is 0 Å². The Morgan fingerprint density at radius 3 is 2.41 bits per heavy atom. The Kier molecular flexibility index (Phi) is 4.75. The molecule has 0 aromatic heterocycles. The minimum Gasteiger partial charge on any atom is -0.508 e. The zero-order valence-electron chi connectivity index (χ0n) is 12.3. The van der Waals surface area contributed by atoms with Crippen LogP contribution < -0.4 is 0 Å². The third-order valence-corrected chi connectivity index (χ3v) is 3.29. The van der Waals surface area contributed by atoms with Crippen LogP contribution >= 0.6 is 0 Å². The van der Waals surface area contributed by atoms with E-state index in [9.17, 15) is 18.7 Å². The van der Waals surface area contributed by atoms with E-state index in [0.29, 0.717) is 16.7 Å². The number of aromatic hydroxyl groups is 1. The summed E-state index contributed by atoms with van der Waals surface area (Å²) in [5.41, 5.74) is 1.49. The fourth-order valence-corrected chi connectivity index (χ4v) is 2.07. The second kappa shape index (κ2) is 6.56.